The summed E-state index contributed by atoms with van der Waals surface area (Å²) in [6.07, 6.45) is 4.98. The quantitative estimate of drug-likeness (QED) is 0.389. The van der Waals surface area contributed by atoms with Gasteiger partial charge in [0.15, 0.2) is 0 Å². The molecule has 114 valence electrons. The molecular weight excluding hydrogens is 393 g/mol. The second-order valence-corrected chi connectivity index (χ2v) is 8.70. The van der Waals surface area contributed by atoms with E-state index in [1.165, 1.54) is 34.1 Å². The van der Waals surface area contributed by atoms with E-state index in [1.54, 1.807) is 7.11 Å². The fraction of sp³-hybridized carbons (Fsp3) is 0.588. The van der Waals surface area contributed by atoms with E-state index in [2.05, 4.69) is 70.7 Å². The van der Waals surface area contributed by atoms with Crippen molar-refractivity contribution in [3.63, 3.8) is 0 Å². The Morgan fingerprint density at radius 1 is 1.33 bits per heavy atom. The lowest BCUT2D eigenvalue weighted by atomic mass is 9.78. The molecule has 21 heavy (non-hydrogen) atoms. The number of thioether (sulfide) groups is 1. The average molecular weight is 415 g/mol. The van der Waals surface area contributed by atoms with Gasteiger partial charge in [0.25, 0.3) is 0 Å². The molecule has 3 rings (SSSR count). The van der Waals surface area contributed by atoms with Crippen molar-refractivity contribution in [2.24, 2.45) is 11.1 Å². The molecule has 0 spiro atoms. The third kappa shape index (κ3) is 3.26. The SMILES string of the molecule is CCC(=NOC)[C@H]1[C@@H](c2ccc(I)cc2)CC2CC[C@H]1S2. The van der Waals surface area contributed by atoms with Crippen molar-refractivity contribution in [3.8, 4) is 0 Å². The van der Waals surface area contributed by atoms with Crippen LogP contribution in [0.3, 0.4) is 0 Å². The summed E-state index contributed by atoms with van der Waals surface area (Å²) in [7, 11) is 1.67. The average Bonchev–Trinajstić information content (AvgIpc) is 2.88. The molecule has 0 radical (unpaired) electrons. The topological polar surface area (TPSA) is 21.6 Å². The Hall–Kier alpha value is -0.230. The number of hydrogen-bond donors (Lipinski definition) is 0. The number of hydrogen-bond acceptors (Lipinski definition) is 3. The van der Waals surface area contributed by atoms with Crippen LogP contribution in [-0.4, -0.2) is 23.3 Å². The molecule has 1 unspecified atom stereocenters. The van der Waals surface area contributed by atoms with E-state index in [4.69, 9.17) is 4.84 Å². The Bertz CT molecular complexity index is 516. The molecule has 0 aliphatic carbocycles. The summed E-state index contributed by atoms with van der Waals surface area (Å²) >= 11 is 4.57. The normalized spacial score (nSPS) is 32.2. The van der Waals surface area contributed by atoms with Crippen LogP contribution in [0.4, 0.5) is 0 Å². The molecule has 2 aliphatic rings. The number of halogens is 1. The molecule has 4 atom stereocenters. The Morgan fingerprint density at radius 2 is 2.10 bits per heavy atom. The largest absolute Gasteiger partial charge is 0.399 e. The predicted molar refractivity (Wildman–Crippen MR) is 99.1 cm³/mol. The highest BCUT2D eigenvalue weighted by Gasteiger charge is 2.45. The molecule has 0 aromatic heterocycles. The Labute approximate surface area is 145 Å². The minimum atomic E-state index is 0.541. The number of oxime groups is 1. The summed E-state index contributed by atoms with van der Waals surface area (Å²) in [5.74, 6) is 1.15. The highest BCUT2D eigenvalue weighted by molar-refractivity contribution is 14.1. The molecule has 0 amide bonds. The highest BCUT2D eigenvalue weighted by Crippen LogP contribution is 2.53. The van der Waals surface area contributed by atoms with Gasteiger partial charge < -0.3 is 4.84 Å². The summed E-state index contributed by atoms with van der Waals surface area (Å²) in [4.78, 5) is 5.14. The summed E-state index contributed by atoms with van der Waals surface area (Å²) < 4.78 is 1.31. The van der Waals surface area contributed by atoms with Crippen LogP contribution in [0.5, 0.6) is 0 Å². The summed E-state index contributed by atoms with van der Waals surface area (Å²) in [6.45, 7) is 2.20. The van der Waals surface area contributed by atoms with E-state index >= 15 is 0 Å². The fourth-order valence-corrected chi connectivity index (χ4v) is 6.07. The van der Waals surface area contributed by atoms with Gasteiger partial charge in [-0.25, -0.2) is 0 Å². The Kier molecular flexibility index (Phi) is 5.15. The summed E-state index contributed by atoms with van der Waals surface area (Å²) in [5, 5.41) is 5.95. The van der Waals surface area contributed by atoms with Crippen molar-refractivity contribution >= 4 is 40.1 Å². The molecule has 0 N–H and O–H groups in total. The Morgan fingerprint density at radius 3 is 2.76 bits per heavy atom. The molecule has 2 fully saturated rings. The lowest BCUT2D eigenvalue weighted by molar-refractivity contribution is 0.209. The molecule has 2 aliphatic heterocycles. The van der Waals surface area contributed by atoms with E-state index in [9.17, 15) is 0 Å². The first-order valence-electron chi connectivity index (χ1n) is 7.73. The highest BCUT2D eigenvalue weighted by atomic mass is 127. The third-order valence-electron chi connectivity index (χ3n) is 4.74. The monoisotopic (exact) mass is 415 g/mol. The molecule has 1 aromatic carbocycles. The number of rotatable bonds is 4. The number of benzene rings is 1. The van der Waals surface area contributed by atoms with Gasteiger partial charge in [-0.2, -0.15) is 11.8 Å². The molecule has 1 aromatic rings. The lowest BCUT2D eigenvalue weighted by Crippen LogP contribution is -2.34. The zero-order valence-electron chi connectivity index (χ0n) is 12.6. The van der Waals surface area contributed by atoms with E-state index < -0.39 is 0 Å². The smallest absolute Gasteiger partial charge is 0.106 e. The van der Waals surface area contributed by atoms with Crippen LogP contribution in [0, 0.1) is 9.49 Å². The molecule has 4 heteroatoms. The lowest BCUT2D eigenvalue weighted by Gasteiger charge is -2.37. The van der Waals surface area contributed by atoms with Gasteiger partial charge in [0.1, 0.15) is 7.11 Å². The van der Waals surface area contributed by atoms with Gasteiger partial charge in [-0.15, -0.1) is 0 Å². The van der Waals surface area contributed by atoms with Crippen LogP contribution in [0.2, 0.25) is 0 Å². The molecule has 2 heterocycles. The van der Waals surface area contributed by atoms with Crippen LogP contribution < -0.4 is 0 Å². The first-order chi connectivity index (χ1) is 10.2. The van der Waals surface area contributed by atoms with Crippen LogP contribution in [-0.2, 0) is 4.84 Å². The second-order valence-electron chi connectivity index (χ2n) is 5.91. The molecule has 2 saturated heterocycles. The van der Waals surface area contributed by atoms with Crippen LogP contribution >= 0.6 is 34.4 Å². The van der Waals surface area contributed by atoms with E-state index in [-0.39, 0.29) is 0 Å². The maximum Gasteiger partial charge on any atom is 0.106 e. The zero-order valence-corrected chi connectivity index (χ0v) is 15.6. The van der Waals surface area contributed by atoms with Crippen molar-refractivity contribution in [1.82, 2.24) is 0 Å². The molecule has 2 bridgehead atoms. The fourth-order valence-electron chi connectivity index (χ4n) is 3.84. The first kappa shape index (κ1) is 15.7. The van der Waals surface area contributed by atoms with Crippen LogP contribution in [0.25, 0.3) is 0 Å². The number of fused-ring (bicyclic) bond motifs is 2. The van der Waals surface area contributed by atoms with Gasteiger partial charge in [0, 0.05) is 20.0 Å². The van der Waals surface area contributed by atoms with Crippen molar-refractivity contribution < 1.29 is 4.84 Å². The van der Waals surface area contributed by atoms with Crippen molar-refractivity contribution in [3.05, 3.63) is 33.4 Å². The van der Waals surface area contributed by atoms with E-state index in [1.807, 2.05) is 0 Å². The molecule has 2 nitrogen and oxygen atoms in total. The molecule has 0 saturated carbocycles. The van der Waals surface area contributed by atoms with Gasteiger partial charge in [-0.3, -0.25) is 0 Å². The van der Waals surface area contributed by atoms with Crippen LogP contribution in [0.1, 0.15) is 44.1 Å². The second kappa shape index (κ2) is 6.90. The van der Waals surface area contributed by atoms with Crippen LogP contribution in [0.15, 0.2) is 29.4 Å². The van der Waals surface area contributed by atoms with Gasteiger partial charge in [0.05, 0.1) is 5.71 Å². The predicted octanol–water partition coefficient (Wildman–Crippen LogP) is 5.07. The van der Waals surface area contributed by atoms with Crippen molar-refractivity contribution in [2.45, 2.75) is 49.0 Å². The first-order valence-corrected chi connectivity index (χ1v) is 9.76. The minimum absolute atomic E-state index is 0.541. The van der Waals surface area contributed by atoms with Gasteiger partial charge in [-0.1, -0.05) is 24.2 Å². The third-order valence-corrected chi connectivity index (χ3v) is 7.16. The van der Waals surface area contributed by atoms with Crippen molar-refractivity contribution in [1.29, 1.82) is 0 Å². The zero-order chi connectivity index (χ0) is 14.8. The van der Waals surface area contributed by atoms with Gasteiger partial charge in [-0.05, 0) is 71.9 Å². The minimum Gasteiger partial charge on any atom is -0.399 e. The van der Waals surface area contributed by atoms with Gasteiger partial charge >= 0.3 is 0 Å². The maximum atomic E-state index is 5.14. The number of nitrogens with zero attached hydrogens (tertiary/aromatic N) is 1. The van der Waals surface area contributed by atoms with Crippen molar-refractivity contribution in [2.75, 3.05) is 7.11 Å². The Balaban J connectivity index is 1.95. The van der Waals surface area contributed by atoms with E-state index in [0.717, 1.165) is 16.9 Å². The maximum absolute atomic E-state index is 5.14. The van der Waals surface area contributed by atoms with E-state index in [0.29, 0.717) is 11.8 Å². The van der Waals surface area contributed by atoms with Gasteiger partial charge in [0.2, 0.25) is 0 Å². The molecular formula is C17H22INOS. The summed E-state index contributed by atoms with van der Waals surface area (Å²) in [5.41, 5.74) is 2.73. The summed E-state index contributed by atoms with van der Waals surface area (Å²) in [6, 6.07) is 9.09. The standard InChI is InChI=1S/C17H22INOS/c1-3-15(19-20-2)17-14(10-13-8-9-16(17)21-13)11-4-6-12(18)7-5-11/h4-7,13-14,16-17H,3,8-10H2,1-2H3/t13?,14-,16-,17-/m1/s1.